The summed E-state index contributed by atoms with van der Waals surface area (Å²) in [4.78, 5) is 12.7. The van der Waals surface area contributed by atoms with Crippen LogP contribution in [0, 0.1) is 10.1 Å². The maximum absolute atomic E-state index is 12.1. The predicted molar refractivity (Wildman–Crippen MR) is 43.5 cm³/mol. The van der Waals surface area contributed by atoms with Crippen molar-refractivity contribution in [2.24, 2.45) is 0 Å². The van der Waals surface area contributed by atoms with Crippen molar-refractivity contribution in [3.63, 3.8) is 0 Å². The molecule has 7 heteroatoms. The van der Waals surface area contributed by atoms with Gasteiger partial charge >= 0.3 is 0 Å². The first-order valence-corrected chi connectivity index (χ1v) is 3.89. The zero-order valence-electron chi connectivity index (χ0n) is 6.08. The molecule has 0 atom stereocenters. The standard InChI is InChI=1S/C6H3BrF2N2O2/c7-3-1-4(11(12)13)5(6(8)9)10-2-3/h1-2,6H. The van der Waals surface area contributed by atoms with Crippen LogP contribution >= 0.6 is 15.9 Å². The van der Waals surface area contributed by atoms with E-state index in [0.717, 1.165) is 12.3 Å². The molecule has 0 aliphatic heterocycles. The van der Waals surface area contributed by atoms with E-state index in [1.807, 2.05) is 0 Å². The highest BCUT2D eigenvalue weighted by Gasteiger charge is 2.23. The molecule has 4 nitrogen and oxygen atoms in total. The Labute approximate surface area is 79.9 Å². The van der Waals surface area contributed by atoms with E-state index < -0.39 is 22.7 Å². The van der Waals surface area contributed by atoms with E-state index in [2.05, 4.69) is 20.9 Å². The zero-order valence-corrected chi connectivity index (χ0v) is 7.66. The Morgan fingerprint density at radius 2 is 2.23 bits per heavy atom. The van der Waals surface area contributed by atoms with E-state index in [9.17, 15) is 18.9 Å². The van der Waals surface area contributed by atoms with Gasteiger partial charge in [-0.25, -0.2) is 13.8 Å². The van der Waals surface area contributed by atoms with Gasteiger partial charge in [0.2, 0.25) is 0 Å². The predicted octanol–water partition coefficient (Wildman–Crippen LogP) is 2.69. The summed E-state index contributed by atoms with van der Waals surface area (Å²) in [5.41, 5.74) is -1.49. The maximum atomic E-state index is 12.1. The quantitative estimate of drug-likeness (QED) is 0.601. The van der Waals surface area contributed by atoms with E-state index in [1.54, 1.807) is 0 Å². The van der Waals surface area contributed by atoms with Crippen molar-refractivity contribution < 1.29 is 13.7 Å². The van der Waals surface area contributed by atoms with Gasteiger partial charge in [-0.15, -0.1) is 0 Å². The molecule has 1 aromatic rings. The van der Waals surface area contributed by atoms with Gasteiger partial charge in [0.1, 0.15) is 0 Å². The van der Waals surface area contributed by atoms with Crippen molar-refractivity contribution >= 4 is 21.6 Å². The van der Waals surface area contributed by atoms with Gasteiger partial charge in [-0.05, 0) is 15.9 Å². The average Bonchev–Trinajstić information content (AvgIpc) is 2.03. The summed E-state index contributed by atoms with van der Waals surface area (Å²) in [6.07, 6.45) is -1.84. The second-order valence-corrected chi connectivity index (χ2v) is 3.03. The van der Waals surface area contributed by atoms with Crippen molar-refractivity contribution in [3.05, 3.63) is 32.5 Å². The minimum Gasteiger partial charge on any atom is -0.258 e. The number of halogens is 3. The van der Waals surface area contributed by atoms with E-state index in [-0.39, 0.29) is 0 Å². The summed E-state index contributed by atoms with van der Waals surface area (Å²) in [6, 6.07) is 0.995. The molecule has 0 N–H and O–H groups in total. The Morgan fingerprint density at radius 3 is 2.69 bits per heavy atom. The molecule has 0 aliphatic rings. The molecule has 0 saturated heterocycles. The van der Waals surface area contributed by atoms with Crippen LogP contribution in [0.3, 0.4) is 0 Å². The number of alkyl halides is 2. The highest BCUT2D eigenvalue weighted by molar-refractivity contribution is 9.10. The minimum atomic E-state index is -2.94. The molecule has 1 heterocycles. The molecule has 0 saturated carbocycles. The van der Waals surface area contributed by atoms with Crippen LogP contribution in [0.2, 0.25) is 0 Å². The lowest BCUT2D eigenvalue weighted by atomic mass is 10.3. The highest BCUT2D eigenvalue weighted by atomic mass is 79.9. The average molecular weight is 253 g/mol. The van der Waals surface area contributed by atoms with Gasteiger partial charge in [0.25, 0.3) is 12.1 Å². The molecule has 0 radical (unpaired) electrons. The van der Waals surface area contributed by atoms with Crippen molar-refractivity contribution in [3.8, 4) is 0 Å². The summed E-state index contributed by atoms with van der Waals surface area (Å²) >= 11 is 2.90. The lowest BCUT2D eigenvalue weighted by molar-refractivity contribution is -0.386. The molecule has 0 spiro atoms. The van der Waals surface area contributed by atoms with Crippen LogP contribution in [0.1, 0.15) is 12.1 Å². The molecular weight excluding hydrogens is 250 g/mol. The van der Waals surface area contributed by atoms with Crippen molar-refractivity contribution in [1.82, 2.24) is 4.98 Å². The number of hydrogen-bond acceptors (Lipinski definition) is 3. The number of pyridine rings is 1. The molecule has 1 aromatic heterocycles. The van der Waals surface area contributed by atoms with Crippen molar-refractivity contribution in [2.45, 2.75) is 6.43 Å². The zero-order chi connectivity index (χ0) is 10.0. The third-order valence-electron chi connectivity index (χ3n) is 1.27. The van der Waals surface area contributed by atoms with Crippen LogP contribution in [0.5, 0.6) is 0 Å². The molecule has 1 rings (SSSR count). The Morgan fingerprint density at radius 1 is 1.62 bits per heavy atom. The first-order valence-electron chi connectivity index (χ1n) is 3.10. The van der Waals surface area contributed by atoms with Crippen LogP contribution in [0.25, 0.3) is 0 Å². The number of nitrogens with zero attached hydrogens (tertiary/aromatic N) is 2. The molecule has 0 fully saturated rings. The highest BCUT2D eigenvalue weighted by Crippen LogP contribution is 2.28. The van der Waals surface area contributed by atoms with Crippen LogP contribution in [-0.2, 0) is 0 Å². The fourth-order valence-corrected chi connectivity index (χ4v) is 1.07. The molecule has 70 valence electrons. The summed E-state index contributed by atoms with van der Waals surface area (Å²) < 4.78 is 24.6. The summed E-state index contributed by atoms with van der Waals surface area (Å²) in [5, 5.41) is 10.3. The first-order chi connectivity index (χ1) is 6.02. The normalized spacial score (nSPS) is 10.5. The second kappa shape index (κ2) is 3.73. The molecular formula is C6H3BrF2N2O2. The fourth-order valence-electron chi connectivity index (χ4n) is 0.754. The van der Waals surface area contributed by atoms with Crippen LogP contribution in [-0.4, -0.2) is 9.91 Å². The molecule has 0 bridgehead atoms. The lowest BCUT2D eigenvalue weighted by Crippen LogP contribution is -1.98. The van der Waals surface area contributed by atoms with Gasteiger partial charge in [-0.2, -0.15) is 0 Å². The molecule has 0 amide bonds. The van der Waals surface area contributed by atoms with Gasteiger partial charge in [-0.1, -0.05) is 0 Å². The Balaban J connectivity index is 3.27. The summed E-state index contributed by atoms with van der Waals surface area (Å²) in [7, 11) is 0. The smallest absolute Gasteiger partial charge is 0.258 e. The minimum absolute atomic E-state index is 0.295. The van der Waals surface area contributed by atoms with Gasteiger partial charge in [0.15, 0.2) is 5.69 Å². The van der Waals surface area contributed by atoms with E-state index in [4.69, 9.17) is 0 Å². The second-order valence-electron chi connectivity index (χ2n) is 2.12. The maximum Gasteiger partial charge on any atom is 0.297 e. The van der Waals surface area contributed by atoms with Gasteiger partial charge in [-0.3, -0.25) is 10.1 Å². The number of hydrogen-bond donors (Lipinski definition) is 0. The van der Waals surface area contributed by atoms with Crippen LogP contribution in [0.4, 0.5) is 14.5 Å². The monoisotopic (exact) mass is 252 g/mol. The van der Waals surface area contributed by atoms with Gasteiger partial charge in [0.05, 0.1) is 4.92 Å². The summed E-state index contributed by atoms with van der Waals surface area (Å²) in [6.45, 7) is 0. The third kappa shape index (κ3) is 2.18. The molecule has 0 aromatic carbocycles. The number of rotatable bonds is 2. The largest absolute Gasteiger partial charge is 0.297 e. The lowest BCUT2D eigenvalue weighted by Gasteiger charge is -1.99. The first kappa shape index (κ1) is 9.97. The van der Waals surface area contributed by atoms with Crippen molar-refractivity contribution in [1.29, 1.82) is 0 Å². The van der Waals surface area contributed by atoms with Gasteiger partial charge < -0.3 is 0 Å². The SMILES string of the molecule is O=[N+]([O-])c1cc(Br)cnc1C(F)F. The van der Waals surface area contributed by atoms with E-state index >= 15 is 0 Å². The Kier molecular flexibility index (Phi) is 2.86. The Bertz CT molecular complexity index is 345. The van der Waals surface area contributed by atoms with E-state index in [1.165, 1.54) is 0 Å². The third-order valence-corrected chi connectivity index (χ3v) is 1.70. The van der Waals surface area contributed by atoms with Crippen LogP contribution in [0.15, 0.2) is 16.7 Å². The Hall–Kier alpha value is -1.11. The molecule has 0 unspecified atom stereocenters. The molecule has 0 aliphatic carbocycles. The fraction of sp³-hybridized carbons (Fsp3) is 0.167. The van der Waals surface area contributed by atoms with Gasteiger partial charge in [0, 0.05) is 16.7 Å². The van der Waals surface area contributed by atoms with Crippen molar-refractivity contribution in [2.75, 3.05) is 0 Å². The summed E-state index contributed by atoms with van der Waals surface area (Å²) in [5.74, 6) is 0. The van der Waals surface area contributed by atoms with E-state index in [0.29, 0.717) is 4.47 Å². The number of nitro groups is 1. The topological polar surface area (TPSA) is 56.0 Å². The number of aromatic nitrogens is 1. The molecule has 13 heavy (non-hydrogen) atoms. The van der Waals surface area contributed by atoms with Crippen LogP contribution < -0.4 is 0 Å².